The topological polar surface area (TPSA) is 32.3 Å². The number of benzene rings is 1. The molecule has 0 bridgehead atoms. The van der Waals surface area contributed by atoms with Gasteiger partial charge < -0.3 is 10.2 Å². The number of hydrogen-bond acceptors (Lipinski definition) is 2. The number of nitrogens with one attached hydrogen (secondary N) is 1. The van der Waals surface area contributed by atoms with Gasteiger partial charge in [0, 0.05) is 19.5 Å². The van der Waals surface area contributed by atoms with Gasteiger partial charge in [-0.25, -0.2) is 0 Å². The highest BCUT2D eigenvalue weighted by molar-refractivity contribution is 7.80. The van der Waals surface area contributed by atoms with E-state index in [1.54, 1.807) is 0 Å². The highest BCUT2D eigenvalue weighted by Crippen LogP contribution is 2.02. The Labute approximate surface area is 114 Å². The fourth-order valence-electron chi connectivity index (χ4n) is 1.67. The van der Waals surface area contributed by atoms with Gasteiger partial charge in [-0.05, 0) is 38.0 Å². The van der Waals surface area contributed by atoms with E-state index in [9.17, 15) is 4.79 Å². The van der Waals surface area contributed by atoms with Gasteiger partial charge in [0.1, 0.15) is 0 Å². The summed E-state index contributed by atoms with van der Waals surface area (Å²) < 4.78 is 0. The number of hydrogen-bond donors (Lipinski definition) is 1. The van der Waals surface area contributed by atoms with Crippen LogP contribution in [0.4, 0.5) is 0 Å². The van der Waals surface area contributed by atoms with Gasteiger partial charge in [-0.15, -0.1) is 0 Å². The van der Waals surface area contributed by atoms with Gasteiger partial charge in [-0.1, -0.05) is 30.3 Å². The van der Waals surface area contributed by atoms with Crippen LogP contribution in [0.3, 0.4) is 0 Å². The van der Waals surface area contributed by atoms with Crippen molar-refractivity contribution in [3.8, 4) is 0 Å². The van der Waals surface area contributed by atoms with Crippen molar-refractivity contribution >= 4 is 23.2 Å². The molecule has 1 amide bonds. The van der Waals surface area contributed by atoms with Crippen molar-refractivity contribution in [1.82, 2.24) is 10.2 Å². The van der Waals surface area contributed by atoms with E-state index >= 15 is 0 Å². The van der Waals surface area contributed by atoms with Gasteiger partial charge in [0.15, 0.2) is 5.11 Å². The third-order valence-corrected chi connectivity index (χ3v) is 3.14. The van der Waals surface area contributed by atoms with Crippen molar-refractivity contribution in [3.05, 3.63) is 35.9 Å². The molecule has 1 rings (SSSR count). The molecule has 0 unspecified atom stereocenters. The Morgan fingerprint density at radius 3 is 2.39 bits per heavy atom. The summed E-state index contributed by atoms with van der Waals surface area (Å²) >= 11 is 5.17. The summed E-state index contributed by atoms with van der Waals surface area (Å²) in [4.78, 5) is 13.7. The predicted octanol–water partition coefficient (Wildman–Crippen LogP) is 2.36. The molecule has 0 aliphatic rings. The van der Waals surface area contributed by atoms with Crippen molar-refractivity contribution < 1.29 is 4.79 Å². The molecule has 3 nitrogen and oxygen atoms in total. The van der Waals surface area contributed by atoms with Gasteiger partial charge >= 0.3 is 0 Å². The number of carbonyl (C=O) groups is 1. The van der Waals surface area contributed by atoms with Crippen molar-refractivity contribution in [1.29, 1.82) is 0 Å². The second kappa shape index (κ2) is 7.82. The molecule has 0 radical (unpaired) electrons. The minimum absolute atomic E-state index is 0.0178. The summed E-state index contributed by atoms with van der Waals surface area (Å²) in [5, 5.41) is 3.30. The van der Waals surface area contributed by atoms with Crippen LogP contribution < -0.4 is 5.32 Å². The van der Waals surface area contributed by atoms with E-state index in [4.69, 9.17) is 12.2 Å². The zero-order valence-electron chi connectivity index (χ0n) is 11.0. The molecule has 0 fully saturated rings. The normalized spacial score (nSPS) is 9.89. The van der Waals surface area contributed by atoms with Crippen LogP contribution in [0, 0.1) is 0 Å². The number of nitrogens with zero attached hydrogens (tertiary/aromatic N) is 1. The van der Waals surface area contributed by atoms with Crippen molar-refractivity contribution in [2.24, 2.45) is 0 Å². The van der Waals surface area contributed by atoms with Crippen LogP contribution in [0.2, 0.25) is 0 Å². The first kappa shape index (κ1) is 14.6. The molecule has 0 aliphatic heterocycles. The Morgan fingerprint density at radius 1 is 1.22 bits per heavy atom. The summed E-state index contributed by atoms with van der Waals surface area (Å²) in [7, 11) is 0. The Kier molecular flexibility index (Phi) is 6.36. The largest absolute Gasteiger partial charge is 0.350 e. The second-order valence-electron chi connectivity index (χ2n) is 4.01. The molecule has 1 N–H and O–H groups in total. The summed E-state index contributed by atoms with van der Waals surface area (Å²) in [5.74, 6) is -0.0178. The SMILES string of the molecule is CCN(CC)C(=S)NC(=O)CCc1ccccc1. The van der Waals surface area contributed by atoms with Crippen LogP contribution in [0.1, 0.15) is 25.8 Å². The van der Waals surface area contributed by atoms with E-state index in [-0.39, 0.29) is 5.91 Å². The smallest absolute Gasteiger partial charge is 0.226 e. The average molecular weight is 264 g/mol. The lowest BCUT2D eigenvalue weighted by Gasteiger charge is -2.21. The minimum Gasteiger partial charge on any atom is -0.350 e. The maximum atomic E-state index is 11.7. The molecule has 0 spiro atoms. The second-order valence-corrected chi connectivity index (χ2v) is 4.40. The van der Waals surface area contributed by atoms with E-state index in [1.165, 1.54) is 5.56 Å². The molecule has 0 atom stereocenters. The number of rotatable bonds is 5. The molecule has 4 heteroatoms. The summed E-state index contributed by atoms with van der Waals surface area (Å²) in [6.07, 6.45) is 1.21. The predicted molar refractivity (Wildman–Crippen MR) is 78.4 cm³/mol. The zero-order valence-corrected chi connectivity index (χ0v) is 11.8. The lowest BCUT2D eigenvalue weighted by Crippen LogP contribution is -2.42. The number of amides is 1. The van der Waals surface area contributed by atoms with Gasteiger partial charge in [0.05, 0.1) is 0 Å². The molecule has 0 aromatic heterocycles. The van der Waals surface area contributed by atoms with E-state index in [1.807, 2.05) is 49.1 Å². The fraction of sp³-hybridized carbons (Fsp3) is 0.429. The monoisotopic (exact) mass is 264 g/mol. The molecule has 0 aliphatic carbocycles. The van der Waals surface area contributed by atoms with Gasteiger partial charge in [0.25, 0.3) is 0 Å². The van der Waals surface area contributed by atoms with Crippen LogP contribution >= 0.6 is 12.2 Å². The lowest BCUT2D eigenvalue weighted by atomic mass is 10.1. The first-order valence-electron chi connectivity index (χ1n) is 6.30. The van der Waals surface area contributed by atoms with Crippen LogP contribution in [0.15, 0.2) is 30.3 Å². The molecule has 0 heterocycles. The van der Waals surface area contributed by atoms with E-state index < -0.39 is 0 Å². The Balaban J connectivity index is 2.36. The number of aryl methyl sites for hydroxylation is 1. The van der Waals surface area contributed by atoms with Crippen LogP contribution in [0.5, 0.6) is 0 Å². The molecule has 0 saturated carbocycles. The Bertz CT molecular complexity index is 388. The van der Waals surface area contributed by atoms with Gasteiger partial charge in [0.2, 0.25) is 5.91 Å². The molecule has 1 aromatic carbocycles. The standard InChI is InChI=1S/C14H20N2OS/c1-3-16(4-2)14(18)15-13(17)11-10-12-8-6-5-7-9-12/h5-9H,3-4,10-11H2,1-2H3,(H,15,17,18). The van der Waals surface area contributed by atoms with Crippen molar-refractivity contribution in [2.45, 2.75) is 26.7 Å². The minimum atomic E-state index is -0.0178. The molecule has 1 aromatic rings. The van der Waals surface area contributed by atoms with E-state index in [0.29, 0.717) is 11.5 Å². The van der Waals surface area contributed by atoms with Crippen LogP contribution in [-0.4, -0.2) is 29.0 Å². The van der Waals surface area contributed by atoms with Crippen molar-refractivity contribution in [2.75, 3.05) is 13.1 Å². The number of carbonyl (C=O) groups excluding carboxylic acids is 1. The maximum Gasteiger partial charge on any atom is 0.226 e. The van der Waals surface area contributed by atoms with E-state index in [0.717, 1.165) is 19.5 Å². The molecule has 0 saturated heterocycles. The van der Waals surface area contributed by atoms with Crippen LogP contribution in [-0.2, 0) is 11.2 Å². The number of thiocarbonyl (C=S) groups is 1. The first-order chi connectivity index (χ1) is 8.67. The molecular weight excluding hydrogens is 244 g/mol. The quantitative estimate of drug-likeness (QED) is 0.829. The summed E-state index contributed by atoms with van der Waals surface area (Å²) in [6, 6.07) is 9.98. The molecular formula is C14H20N2OS. The first-order valence-corrected chi connectivity index (χ1v) is 6.70. The Hall–Kier alpha value is -1.42. The lowest BCUT2D eigenvalue weighted by molar-refractivity contribution is -0.119. The van der Waals surface area contributed by atoms with Gasteiger partial charge in [-0.3, -0.25) is 4.79 Å². The fourth-order valence-corrected chi connectivity index (χ4v) is 2.05. The maximum absolute atomic E-state index is 11.7. The highest BCUT2D eigenvalue weighted by Gasteiger charge is 2.09. The highest BCUT2D eigenvalue weighted by atomic mass is 32.1. The van der Waals surface area contributed by atoms with E-state index in [2.05, 4.69) is 5.32 Å². The summed E-state index contributed by atoms with van der Waals surface area (Å²) in [6.45, 7) is 5.67. The summed E-state index contributed by atoms with van der Waals surface area (Å²) in [5.41, 5.74) is 1.17. The third kappa shape index (κ3) is 4.84. The van der Waals surface area contributed by atoms with Gasteiger partial charge in [-0.2, -0.15) is 0 Å². The van der Waals surface area contributed by atoms with Crippen LogP contribution in [0.25, 0.3) is 0 Å². The third-order valence-electron chi connectivity index (χ3n) is 2.78. The zero-order chi connectivity index (χ0) is 13.4. The molecule has 18 heavy (non-hydrogen) atoms. The van der Waals surface area contributed by atoms with Crippen molar-refractivity contribution in [3.63, 3.8) is 0 Å². The Morgan fingerprint density at radius 2 is 1.83 bits per heavy atom. The average Bonchev–Trinajstić information content (AvgIpc) is 2.39. The molecule has 98 valence electrons.